The van der Waals surface area contributed by atoms with Gasteiger partial charge in [-0.2, -0.15) is 0 Å². The van der Waals surface area contributed by atoms with Crippen LogP contribution in [0.2, 0.25) is 0 Å². The molecule has 94 valence electrons. The number of aromatic carboxylic acids is 1. The number of carboxylic acids is 1. The van der Waals surface area contributed by atoms with E-state index in [0.717, 1.165) is 0 Å². The fraction of sp³-hybridized carbons (Fsp3) is 0.182. The third-order valence-electron chi connectivity index (χ3n) is 2.31. The van der Waals surface area contributed by atoms with Gasteiger partial charge in [-0.25, -0.2) is 4.79 Å². The maximum Gasteiger partial charge on any atom is 0.352 e. The number of hydrogen-bond donors (Lipinski definition) is 2. The van der Waals surface area contributed by atoms with Crippen LogP contribution in [0.3, 0.4) is 0 Å². The van der Waals surface area contributed by atoms with E-state index < -0.39 is 5.97 Å². The number of nitrogens with one attached hydrogen (secondary N) is 1. The summed E-state index contributed by atoms with van der Waals surface area (Å²) < 4.78 is 6.17. The Balaban J connectivity index is 1.91. The van der Waals surface area contributed by atoms with Gasteiger partial charge >= 0.3 is 5.97 Å². The van der Waals surface area contributed by atoms with E-state index in [4.69, 9.17) is 9.63 Å². The second-order valence-corrected chi connectivity index (χ2v) is 3.58. The molecular weight excluding hydrogens is 238 g/mol. The monoisotopic (exact) mass is 249 g/mol. The van der Waals surface area contributed by atoms with Gasteiger partial charge in [0.15, 0.2) is 5.76 Å². The summed E-state index contributed by atoms with van der Waals surface area (Å²) in [7, 11) is 0. The van der Waals surface area contributed by atoms with Crippen LogP contribution < -0.4 is 5.32 Å². The first-order valence-electron chi connectivity index (χ1n) is 5.21. The molecule has 7 heteroatoms. The van der Waals surface area contributed by atoms with Crippen molar-refractivity contribution in [1.82, 2.24) is 15.0 Å². The van der Waals surface area contributed by atoms with Gasteiger partial charge in [0.2, 0.25) is 5.91 Å². The topological polar surface area (TPSA) is 97.4 Å². The standard InChI is InChI=1S/C11H11N3O4/c15-10(12-6-8-3-4-13-18-8)7-14-5-1-2-9(14)11(16)17/h1-5H,6-7H2,(H,12,15)(H,16,17). The predicted molar refractivity (Wildman–Crippen MR) is 59.7 cm³/mol. The quantitative estimate of drug-likeness (QED) is 0.803. The minimum absolute atomic E-state index is 0.0528. The zero-order chi connectivity index (χ0) is 13.0. The average Bonchev–Trinajstić information content (AvgIpc) is 2.96. The largest absolute Gasteiger partial charge is 0.477 e. The highest BCUT2D eigenvalue weighted by Gasteiger charge is 2.11. The molecule has 0 aliphatic rings. The number of carbonyl (C=O) groups excluding carboxylic acids is 1. The van der Waals surface area contributed by atoms with Crippen LogP contribution in [0.25, 0.3) is 0 Å². The third-order valence-corrected chi connectivity index (χ3v) is 2.31. The van der Waals surface area contributed by atoms with E-state index in [-0.39, 0.29) is 24.7 Å². The Labute approximate surface area is 102 Å². The Hall–Kier alpha value is -2.57. The van der Waals surface area contributed by atoms with E-state index in [1.165, 1.54) is 23.0 Å². The molecule has 1 amide bonds. The minimum atomic E-state index is -1.07. The number of carbonyl (C=O) groups is 2. The molecule has 2 aromatic rings. The molecule has 2 heterocycles. The van der Waals surface area contributed by atoms with Crippen LogP contribution in [-0.4, -0.2) is 26.7 Å². The van der Waals surface area contributed by atoms with Crippen LogP contribution in [-0.2, 0) is 17.9 Å². The van der Waals surface area contributed by atoms with E-state index in [0.29, 0.717) is 5.76 Å². The lowest BCUT2D eigenvalue weighted by molar-refractivity contribution is -0.121. The van der Waals surface area contributed by atoms with Gasteiger partial charge in [0.1, 0.15) is 12.2 Å². The van der Waals surface area contributed by atoms with Gasteiger partial charge in [0, 0.05) is 12.3 Å². The van der Waals surface area contributed by atoms with Crippen molar-refractivity contribution in [1.29, 1.82) is 0 Å². The molecule has 0 bridgehead atoms. The Bertz CT molecular complexity index is 544. The molecule has 0 atom stereocenters. The maximum absolute atomic E-state index is 11.6. The van der Waals surface area contributed by atoms with Gasteiger partial charge in [-0.1, -0.05) is 5.16 Å². The van der Waals surface area contributed by atoms with E-state index in [9.17, 15) is 9.59 Å². The molecule has 0 saturated carbocycles. The average molecular weight is 249 g/mol. The molecule has 18 heavy (non-hydrogen) atoms. The molecule has 0 aliphatic heterocycles. The Morgan fingerprint density at radius 2 is 2.28 bits per heavy atom. The highest BCUT2D eigenvalue weighted by Crippen LogP contribution is 2.02. The molecule has 2 aromatic heterocycles. The molecule has 0 aromatic carbocycles. The van der Waals surface area contributed by atoms with Crippen molar-refractivity contribution in [2.24, 2.45) is 0 Å². The second kappa shape index (κ2) is 5.17. The van der Waals surface area contributed by atoms with Gasteiger partial charge in [-0.05, 0) is 12.1 Å². The fourth-order valence-electron chi connectivity index (χ4n) is 1.48. The first-order chi connectivity index (χ1) is 8.66. The van der Waals surface area contributed by atoms with Gasteiger partial charge in [0.25, 0.3) is 0 Å². The number of hydrogen-bond acceptors (Lipinski definition) is 4. The second-order valence-electron chi connectivity index (χ2n) is 3.58. The third kappa shape index (κ3) is 2.76. The van der Waals surface area contributed by atoms with Gasteiger partial charge < -0.3 is 19.5 Å². The zero-order valence-corrected chi connectivity index (χ0v) is 9.37. The smallest absolute Gasteiger partial charge is 0.352 e. The Morgan fingerprint density at radius 1 is 1.44 bits per heavy atom. The van der Waals surface area contributed by atoms with E-state index in [1.807, 2.05) is 0 Å². The van der Waals surface area contributed by atoms with Crippen LogP contribution >= 0.6 is 0 Å². The first-order valence-corrected chi connectivity index (χ1v) is 5.21. The maximum atomic E-state index is 11.6. The molecule has 7 nitrogen and oxygen atoms in total. The van der Waals surface area contributed by atoms with Crippen molar-refractivity contribution in [3.63, 3.8) is 0 Å². The molecule has 0 aliphatic carbocycles. The van der Waals surface area contributed by atoms with E-state index in [2.05, 4.69) is 10.5 Å². The lowest BCUT2D eigenvalue weighted by Crippen LogP contribution is -2.27. The van der Waals surface area contributed by atoms with Crippen molar-refractivity contribution in [2.75, 3.05) is 0 Å². The summed E-state index contributed by atoms with van der Waals surface area (Å²) >= 11 is 0. The molecule has 0 unspecified atom stereocenters. The van der Waals surface area contributed by atoms with E-state index >= 15 is 0 Å². The highest BCUT2D eigenvalue weighted by atomic mass is 16.5. The Morgan fingerprint density at radius 3 is 2.94 bits per heavy atom. The minimum Gasteiger partial charge on any atom is -0.477 e. The fourth-order valence-corrected chi connectivity index (χ4v) is 1.48. The van der Waals surface area contributed by atoms with Crippen LogP contribution in [0.15, 0.2) is 35.1 Å². The summed E-state index contributed by atoms with van der Waals surface area (Å²) in [5.41, 5.74) is 0.0739. The van der Waals surface area contributed by atoms with Crippen molar-refractivity contribution in [3.8, 4) is 0 Å². The van der Waals surface area contributed by atoms with Crippen LogP contribution in [0.5, 0.6) is 0 Å². The summed E-state index contributed by atoms with van der Waals surface area (Å²) in [6, 6.07) is 4.65. The van der Waals surface area contributed by atoms with Crippen molar-refractivity contribution in [2.45, 2.75) is 13.1 Å². The van der Waals surface area contributed by atoms with Crippen molar-refractivity contribution in [3.05, 3.63) is 42.0 Å². The highest BCUT2D eigenvalue weighted by molar-refractivity contribution is 5.86. The molecule has 2 rings (SSSR count). The summed E-state index contributed by atoms with van der Waals surface area (Å²) in [6.45, 7) is 0.172. The van der Waals surface area contributed by atoms with Gasteiger partial charge in [-0.15, -0.1) is 0 Å². The predicted octanol–water partition coefficient (Wildman–Crippen LogP) is 0.491. The molecule has 0 saturated heterocycles. The molecule has 2 N–H and O–H groups in total. The molecule has 0 radical (unpaired) electrons. The summed E-state index contributed by atoms with van der Waals surface area (Å²) in [4.78, 5) is 22.4. The molecule has 0 fully saturated rings. The number of carboxylic acid groups (broad SMARTS) is 1. The number of rotatable bonds is 5. The van der Waals surface area contributed by atoms with Gasteiger partial charge in [-0.3, -0.25) is 4.79 Å². The SMILES string of the molecule is O=C(Cn1cccc1C(=O)O)NCc1ccno1. The number of amides is 1. The summed E-state index contributed by atoms with van der Waals surface area (Å²) in [6.07, 6.45) is 3.02. The molecular formula is C11H11N3O4. The van der Waals surface area contributed by atoms with Crippen molar-refractivity contribution < 1.29 is 19.2 Å². The number of aromatic nitrogens is 2. The first kappa shape index (κ1) is 11.9. The van der Waals surface area contributed by atoms with Crippen LogP contribution in [0.4, 0.5) is 0 Å². The molecule has 0 spiro atoms. The van der Waals surface area contributed by atoms with E-state index in [1.54, 1.807) is 12.1 Å². The summed E-state index contributed by atoms with van der Waals surface area (Å²) in [5, 5.41) is 15.0. The van der Waals surface area contributed by atoms with Crippen LogP contribution in [0, 0.1) is 0 Å². The van der Waals surface area contributed by atoms with Gasteiger partial charge in [0.05, 0.1) is 12.7 Å². The Kier molecular flexibility index (Phi) is 3.42. The zero-order valence-electron chi connectivity index (χ0n) is 9.37. The lowest BCUT2D eigenvalue weighted by Gasteiger charge is -2.06. The lowest BCUT2D eigenvalue weighted by atomic mass is 10.4. The van der Waals surface area contributed by atoms with Crippen molar-refractivity contribution >= 4 is 11.9 Å². The van der Waals surface area contributed by atoms with Crippen LogP contribution in [0.1, 0.15) is 16.2 Å². The normalized spacial score (nSPS) is 10.2. The number of nitrogens with zero attached hydrogens (tertiary/aromatic N) is 2. The summed E-state index contributed by atoms with van der Waals surface area (Å²) in [5.74, 6) is -0.831.